The van der Waals surface area contributed by atoms with Crippen LogP contribution in [0.1, 0.15) is 5.56 Å². The average Bonchev–Trinajstić information content (AvgIpc) is 2.60. The number of hydrogen-bond donors (Lipinski definition) is 0. The fourth-order valence-electron chi connectivity index (χ4n) is 1.88. The van der Waals surface area contributed by atoms with Crippen molar-refractivity contribution < 1.29 is 27.1 Å². The summed E-state index contributed by atoms with van der Waals surface area (Å²) < 4.78 is 53.9. The van der Waals surface area contributed by atoms with Crippen molar-refractivity contribution in [1.29, 1.82) is 0 Å². The van der Waals surface area contributed by atoms with Gasteiger partial charge in [-0.2, -0.15) is 0 Å². The lowest BCUT2D eigenvalue weighted by molar-refractivity contribution is -0.274. The fraction of sp³-hybridized carbons (Fsp3) is 0.250. The minimum Gasteiger partial charge on any atom is -0.403 e. The van der Waals surface area contributed by atoms with Crippen molar-refractivity contribution >= 4 is 11.5 Å². The molecule has 0 spiro atoms. The highest BCUT2D eigenvalue weighted by molar-refractivity contribution is 5.98. The summed E-state index contributed by atoms with van der Waals surface area (Å²) >= 11 is 0. The largest absolute Gasteiger partial charge is 0.573 e. The molecule has 3 nitrogen and oxygen atoms in total. The third-order valence-corrected chi connectivity index (χ3v) is 2.51. The third-order valence-electron chi connectivity index (χ3n) is 2.51. The van der Waals surface area contributed by atoms with Gasteiger partial charge >= 0.3 is 6.36 Å². The van der Waals surface area contributed by atoms with Crippen LogP contribution in [0.2, 0.25) is 0 Å². The predicted octanol–water partition coefficient (Wildman–Crippen LogP) is 2.94. The van der Waals surface area contributed by atoms with Crippen LogP contribution in [0.15, 0.2) is 24.4 Å². The molecule has 1 aliphatic heterocycles. The molecule has 1 heterocycles. The Labute approximate surface area is 106 Å². The fourth-order valence-corrected chi connectivity index (χ4v) is 1.88. The van der Waals surface area contributed by atoms with Gasteiger partial charge in [-0.1, -0.05) is 0 Å². The molecular weight excluding hydrogens is 266 g/mol. The Hall–Kier alpha value is -2.05. The predicted molar refractivity (Wildman–Crippen MR) is 59.3 cm³/mol. The number of nitrogens with zero attached hydrogens (tertiary/aromatic N) is 1. The quantitative estimate of drug-likeness (QED) is 0.777. The smallest absolute Gasteiger partial charge is 0.403 e. The van der Waals surface area contributed by atoms with Gasteiger partial charge in [-0.15, -0.1) is 13.2 Å². The lowest BCUT2D eigenvalue weighted by atomic mass is 10.1. The van der Waals surface area contributed by atoms with Crippen LogP contribution in [0.3, 0.4) is 0 Å². The van der Waals surface area contributed by atoms with E-state index in [1.54, 1.807) is 0 Å². The maximum atomic E-state index is 13.2. The number of hydrogen-bond acceptors (Lipinski definition) is 3. The van der Waals surface area contributed by atoms with E-state index in [2.05, 4.69) is 4.74 Å². The van der Waals surface area contributed by atoms with E-state index in [9.17, 15) is 22.4 Å². The highest BCUT2D eigenvalue weighted by Gasteiger charge is 2.34. The number of ether oxygens (including phenoxy) is 1. The summed E-state index contributed by atoms with van der Waals surface area (Å²) in [5, 5.41) is 0. The molecule has 102 valence electrons. The summed E-state index contributed by atoms with van der Waals surface area (Å²) in [6.45, 7) is 1.35. The van der Waals surface area contributed by atoms with Gasteiger partial charge < -0.3 is 9.64 Å². The SMILES string of the molecule is Cc1cc(F)cc(OC(F)(F)F)c1N1C=CC(=O)C1. The van der Waals surface area contributed by atoms with E-state index >= 15 is 0 Å². The standard InChI is InChI=1S/C12H9F4NO2/c1-7-4-8(13)5-10(19-12(14,15)16)11(7)17-3-2-9(18)6-17/h2-5H,6H2,1H3. The Kier molecular flexibility index (Phi) is 3.21. The van der Waals surface area contributed by atoms with Gasteiger partial charge in [0.2, 0.25) is 0 Å². The Morgan fingerprint density at radius 2 is 2.00 bits per heavy atom. The Morgan fingerprint density at radius 1 is 1.32 bits per heavy atom. The second-order valence-electron chi connectivity index (χ2n) is 4.03. The molecule has 0 amide bonds. The molecule has 0 radical (unpaired) electrons. The van der Waals surface area contributed by atoms with Crippen molar-refractivity contribution in [3.05, 3.63) is 35.8 Å². The maximum Gasteiger partial charge on any atom is 0.573 e. The van der Waals surface area contributed by atoms with E-state index in [1.807, 2.05) is 0 Å². The van der Waals surface area contributed by atoms with Gasteiger partial charge in [0.15, 0.2) is 11.5 Å². The van der Waals surface area contributed by atoms with E-state index < -0.39 is 17.9 Å². The number of carbonyl (C=O) groups excluding carboxylic acids is 1. The number of benzene rings is 1. The zero-order chi connectivity index (χ0) is 14.2. The molecular formula is C12H9F4NO2. The molecule has 0 N–H and O–H groups in total. The van der Waals surface area contributed by atoms with Crippen LogP contribution >= 0.6 is 0 Å². The molecule has 0 fully saturated rings. The van der Waals surface area contributed by atoms with E-state index in [4.69, 9.17) is 0 Å². The highest BCUT2D eigenvalue weighted by Crippen LogP contribution is 2.37. The first-order chi connectivity index (χ1) is 8.76. The zero-order valence-corrected chi connectivity index (χ0v) is 9.79. The van der Waals surface area contributed by atoms with Gasteiger partial charge in [0.1, 0.15) is 5.82 Å². The van der Waals surface area contributed by atoms with E-state index in [0.717, 1.165) is 6.07 Å². The first-order valence-electron chi connectivity index (χ1n) is 5.30. The van der Waals surface area contributed by atoms with Crippen molar-refractivity contribution in [3.63, 3.8) is 0 Å². The highest BCUT2D eigenvalue weighted by atomic mass is 19.4. The zero-order valence-electron chi connectivity index (χ0n) is 9.79. The topological polar surface area (TPSA) is 29.5 Å². The Bertz CT molecular complexity index is 551. The molecule has 7 heteroatoms. The summed E-state index contributed by atoms with van der Waals surface area (Å²) in [4.78, 5) is 12.4. The second-order valence-corrected chi connectivity index (χ2v) is 4.03. The summed E-state index contributed by atoms with van der Waals surface area (Å²) in [5.41, 5.74) is 0.277. The van der Waals surface area contributed by atoms with Gasteiger partial charge in [0, 0.05) is 12.3 Å². The first kappa shape index (κ1) is 13.4. The number of aryl methyl sites for hydroxylation is 1. The van der Waals surface area contributed by atoms with Gasteiger partial charge in [-0.05, 0) is 24.6 Å². The van der Waals surface area contributed by atoms with Crippen LogP contribution < -0.4 is 9.64 Å². The van der Waals surface area contributed by atoms with Crippen molar-refractivity contribution in [2.45, 2.75) is 13.3 Å². The third kappa shape index (κ3) is 3.04. The number of carbonyl (C=O) groups is 1. The molecule has 1 aromatic rings. The van der Waals surface area contributed by atoms with Crippen LogP contribution in [-0.4, -0.2) is 18.7 Å². The van der Waals surface area contributed by atoms with Crippen LogP contribution in [0.5, 0.6) is 5.75 Å². The molecule has 0 unspecified atom stereocenters. The molecule has 1 aliphatic rings. The van der Waals surface area contributed by atoms with Crippen molar-refractivity contribution in [2.75, 3.05) is 11.4 Å². The van der Waals surface area contributed by atoms with Crippen molar-refractivity contribution in [1.82, 2.24) is 0 Å². The summed E-state index contributed by atoms with van der Waals surface area (Å²) in [7, 11) is 0. The summed E-state index contributed by atoms with van der Waals surface area (Å²) in [6, 6.07) is 1.72. The van der Waals surface area contributed by atoms with Gasteiger partial charge in [0.25, 0.3) is 0 Å². The second kappa shape index (κ2) is 4.56. The average molecular weight is 275 g/mol. The van der Waals surface area contributed by atoms with Crippen LogP contribution in [0.4, 0.5) is 23.2 Å². The molecule has 19 heavy (non-hydrogen) atoms. The normalized spacial score (nSPS) is 15.2. The Balaban J connectivity index is 2.46. The van der Waals surface area contributed by atoms with Crippen molar-refractivity contribution in [2.24, 2.45) is 0 Å². The van der Waals surface area contributed by atoms with Crippen LogP contribution in [-0.2, 0) is 4.79 Å². The van der Waals surface area contributed by atoms with Crippen LogP contribution in [0, 0.1) is 12.7 Å². The van der Waals surface area contributed by atoms with E-state index in [0.29, 0.717) is 6.07 Å². The van der Waals surface area contributed by atoms with E-state index in [-0.39, 0.29) is 23.6 Å². The lowest BCUT2D eigenvalue weighted by Crippen LogP contribution is -2.23. The number of halogens is 4. The molecule has 0 aromatic heterocycles. The molecule has 0 saturated carbocycles. The summed E-state index contributed by atoms with van der Waals surface area (Å²) in [5.74, 6) is -1.75. The molecule has 0 saturated heterocycles. The molecule has 0 bridgehead atoms. The van der Waals surface area contributed by atoms with Gasteiger partial charge in [-0.3, -0.25) is 4.79 Å². The van der Waals surface area contributed by atoms with Gasteiger partial charge in [-0.25, -0.2) is 4.39 Å². The Morgan fingerprint density at radius 3 is 2.53 bits per heavy atom. The number of alkyl halides is 3. The number of rotatable bonds is 2. The number of anilines is 1. The lowest BCUT2D eigenvalue weighted by Gasteiger charge is -2.22. The molecule has 0 atom stereocenters. The minimum atomic E-state index is -4.93. The van der Waals surface area contributed by atoms with E-state index in [1.165, 1.54) is 24.1 Å². The molecule has 2 rings (SSSR count). The molecule has 0 aliphatic carbocycles. The van der Waals surface area contributed by atoms with Crippen LogP contribution in [0.25, 0.3) is 0 Å². The summed E-state index contributed by atoms with van der Waals surface area (Å²) in [6.07, 6.45) is -2.35. The minimum absolute atomic E-state index is 0.0285. The monoisotopic (exact) mass is 275 g/mol. The molecule has 1 aromatic carbocycles. The maximum absolute atomic E-state index is 13.2. The first-order valence-corrected chi connectivity index (χ1v) is 5.30. The van der Waals surface area contributed by atoms with Crippen molar-refractivity contribution in [3.8, 4) is 5.75 Å². The number of ketones is 1. The van der Waals surface area contributed by atoms with Gasteiger partial charge in [0.05, 0.1) is 12.2 Å².